The van der Waals surface area contributed by atoms with E-state index in [1.54, 1.807) is 15.9 Å². The predicted molar refractivity (Wildman–Crippen MR) is 139 cm³/mol. The van der Waals surface area contributed by atoms with Crippen molar-refractivity contribution in [3.63, 3.8) is 0 Å². The van der Waals surface area contributed by atoms with Crippen molar-refractivity contribution >= 4 is 50.5 Å². The van der Waals surface area contributed by atoms with Gasteiger partial charge in [-0.3, -0.25) is 18.7 Å². The molecule has 34 heavy (non-hydrogen) atoms. The number of aromatic nitrogens is 5. The molecule has 1 saturated heterocycles. The van der Waals surface area contributed by atoms with Crippen molar-refractivity contribution in [2.75, 3.05) is 6.54 Å². The number of likely N-dealkylation sites (tertiary alicyclic amines) is 1. The number of aryl methyl sites for hydroxylation is 1. The number of hydrogen-bond donors (Lipinski definition) is 0. The summed E-state index contributed by atoms with van der Waals surface area (Å²) < 4.78 is 7.44. The van der Waals surface area contributed by atoms with Crippen molar-refractivity contribution in [1.82, 2.24) is 28.6 Å². The summed E-state index contributed by atoms with van der Waals surface area (Å²) in [7, 11) is 0. The average Bonchev–Trinajstić information content (AvgIpc) is 3.43. The summed E-state index contributed by atoms with van der Waals surface area (Å²) in [5.41, 5.74) is 1.86. The number of thiazole rings is 1. The Labute approximate surface area is 205 Å². The van der Waals surface area contributed by atoms with Crippen molar-refractivity contribution in [1.29, 1.82) is 0 Å². The van der Waals surface area contributed by atoms with Crippen LogP contribution in [0.4, 0.5) is 0 Å². The molecule has 1 fully saturated rings. The zero-order chi connectivity index (χ0) is 23.2. The van der Waals surface area contributed by atoms with Crippen LogP contribution < -0.4 is 5.56 Å². The molecule has 174 valence electrons. The van der Waals surface area contributed by atoms with Crippen LogP contribution >= 0.6 is 23.6 Å². The molecule has 1 atom stereocenters. The Hall–Kier alpha value is -2.88. The maximum absolute atomic E-state index is 13.2. The number of nitrogens with zero attached hydrogens (tertiary/aromatic N) is 6. The fraction of sp³-hybridized carbons (Fsp3) is 0.360. The molecule has 0 aliphatic carbocycles. The fourth-order valence-corrected chi connectivity index (χ4v) is 6.45. The zero-order valence-electron chi connectivity index (χ0n) is 19.1. The van der Waals surface area contributed by atoms with Gasteiger partial charge in [0.05, 0.1) is 33.8 Å². The minimum atomic E-state index is -0.0116. The van der Waals surface area contributed by atoms with Gasteiger partial charge in [0.25, 0.3) is 5.56 Å². The third-order valence-electron chi connectivity index (χ3n) is 6.66. The van der Waals surface area contributed by atoms with Gasteiger partial charge < -0.3 is 0 Å². The quantitative estimate of drug-likeness (QED) is 0.309. The van der Waals surface area contributed by atoms with Gasteiger partial charge in [0, 0.05) is 13.1 Å². The van der Waals surface area contributed by atoms with E-state index in [0.29, 0.717) is 29.1 Å². The van der Waals surface area contributed by atoms with E-state index in [1.807, 2.05) is 39.4 Å². The highest BCUT2D eigenvalue weighted by Crippen LogP contribution is 2.36. The SMILES string of the molecule is CCCn1c(=O)c2ccccc2n2c(=S)n(CN3CCCCC3c3nc4ccccc4s3)nc12. The summed E-state index contributed by atoms with van der Waals surface area (Å²) in [4.78, 5) is 20.6. The van der Waals surface area contributed by atoms with E-state index in [-0.39, 0.29) is 11.6 Å². The first kappa shape index (κ1) is 21.6. The molecule has 2 aromatic carbocycles. The van der Waals surface area contributed by atoms with Crippen molar-refractivity contribution < 1.29 is 0 Å². The van der Waals surface area contributed by atoms with Gasteiger partial charge >= 0.3 is 0 Å². The van der Waals surface area contributed by atoms with Gasteiger partial charge in [-0.15, -0.1) is 16.4 Å². The molecule has 0 N–H and O–H groups in total. The summed E-state index contributed by atoms with van der Waals surface area (Å²) in [5.74, 6) is 0.615. The highest BCUT2D eigenvalue weighted by molar-refractivity contribution is 7.71. The van der Waals surface area contributed by atoms with Gasteiger partial charge in [-0.25, -0.2) is 9.67 Å². The van der Waals surface area contributed by atoms with Crippen LogP contribution in [-0.4, -0.2) is 35.2 Å². The van der Waals surface area contributed by atoms with E-state index in [4.69, 9.17) is 22.3 Å². The molecule has 0 radical (unpaired) electrons. The number of fused-ring (bicyclic) bond motifs is 4. The van der Waals surface area contributed by atoms with Gasteiger partial charge in [-0.1, -0.05) is 37.6 Å². The summed E-state index contributed by atoms with van der Waals surface area (Å²) in [6.45, 7) is 4.23. The van der Waals surface area contributed by atoms with Gasteiger partial charge in [0.1, 0.15) is 5.01 Å². The minimum absolute atomic E-state index is 0.0116. The molecule has 1 aliphatic rings. The van der Waals surface area contributed by atoms with Gasteiger partial charge in [-0.05, 0) is 55.7 Å². The molecular formula is C25H26N6OS2. The summed E-state index contributed by atoms with van der Waals surface area (Å²) in [6.07, 6.45) is 4.25. The normalized spacial score (nSPS) is 17.3. The molecule has 0 amide bonds. The molecule has 4 heterocycles. The predicted octanol–water partition coefficient (Wildman–Crippen LogP) is 5.38. The van der Waals surface area contributed by atoms with Crippen LogP contribution in [0, 0.1) is 4.77 Å². The standard InChI is InChI=1S/C25H26N6OS2/c1-2-14-29-23(32)17-9-3-5-11-19(17)31-24(29)27-30(25(31)33)16-28-15-8-7-12-20(28)22-26-18-10-4-6-13-21(18)34-22/h3-6,9-11,13,20H,2,7-8,12,14-16H2,1H3. The Morgan fingerprint density at radius 3 is 2.79 bits per heavy atom. The lowest BCUT2D eigenvalue weighted by molar-refractivity contribution is 0.103. The third-order valence-corrected chi connectivity index (χ3v) is 8.19. The Bertz CT molecular complexity index is 1590. The Balaban J connectivity index is 1.45. The molecule has 1 aliphatic heterocycles. The molecule has 7 nitrogen and oxygen atoms in total. The van der Waals surface area contributed by atoms with E-state index in [9.17, 15) is 4.79 Å². The lowest BCUT2D eigenvalue weighted by Gasteiger charge is -2.34. The van der Waals surface area contributed by atoms with E-state index < -0.39 is 0 Å². The third kappa shape index (κ3) is 3.50. The first-order valence-corrected chi connectivity index (χ1v) is 13.1. The van der Waals surface area contributed by atoms with Crippen molar-refractivity contribution in [2.45, 2.75) is 51.9 Å². The molecule has 0 bridgehead atoms. The Morgan fingerprint density at radius 2 is 1.94 bits per heavy atom. The minimum Gasteiger partial charge on any atom is -0.276 e. The van der Waals surface area contributed by atoms with Crippen molar-refractivity contribution in [3.8, 4) is 0 Å². The second-order valence-corrected chi connectivity index (χ2v) is 10.3. The molecule has 0 saturated carbocycles. The van der Waals surface area contributed by atoms with E-state index in [2.05, 4.69) is 30.0 Å². The molecule has 5 aromatic rings. The van der Waals surface area contributed by atoms with Gasteiger partial charge in [0.2, 0.25) is 10.5 Å². The van der Waals surface area contributed by atoms with Crippen molar-refractivity contribution in [2.24, 2.45) is 0 Å². The number of piperidine rings is 1. The maximum atomic E-state index is 13.2. The van der Waals surface area contributed by atoms with Gasteiger partial charge in [-0.2, -0.15) is 0 Å². The highest BCUT2D eigenvalue weighted by atomic mass is 32.1. The first-order valence-electron chi connectivity index (χ1n) is 11.9. The van der Waals surface area contributed by atoms with E-state index >= 15 is 0 Å². The van der Waals surface area contributed by atoms with Crippen LogP contribution in [0.25, 0.3) is 26.9 Å². The van der Waals surface area contributed by atoms with E-state index in [1.165, 1.54) is 11.1 Å². The number of benzene rings is 2. The maximum Gasteiger partial charge on any atom is 0.262 e. The topological polar surface area (TPSA) is 60.4 Å². The number of para-hydroxylation sites is 2. The number of hydrogen-bond acceptors (Lipinski definition) is 6. The Morgan fingerprint density at radius 1 is 1.12 bits per heavy atom. The monoisotopic (exact) mass is 490 g/mol. The molecule has 1 unspecified atom stereocenters. The lowest BCUT2D eigenvalue weighted by Crippen LogP contribution is -2.35. The van der Waals surface area contributed by atoms with Crippen LogP contribution in [-0.2, 0) is 13.2 Å². The molecule has 3 aromatic heterocycles. The average molecular weight is 491 g/mol. The molecular weight excluding hydrogens is 464 g/mol. The number of rotatable bonds is 5. The van der Waals surface area contributed by atoms with Crippen LogP contribution in [0.5, 0.6) is 0 Å². The lowest BCUT2D eigenvalue weighted by atomic mass is 10.0. The van der Waals surface area contributed by atoms with Crippen LogP contribution in [0.2, 0.25) is 0 Å². The summed E-state index contributed by atoms with van der Waals surface area (Å²) in [5, 5.41) is 6.71. The Kier molecular flexibility index (Phi) is 5.55. The molecule has 6 rings (SSSR count). The molecule has 9 heteroatoms. The van der Waals surface area contributed by atoms with Crippen LogP contribution in [0.1, 0.15) is 43.7 Å². The van der Waals surface area contributed by atoms with Gasteiger partial charge in [0.15, 0.2) is 0 Å². The summed E-state index contributed by atoms with van der Waals surface area (Å²) >= 11 is 7.71. The van der Waals surface area contributed by atoms with Crippen LogP contribution in [0.3, 0.4) is 0 Å². The second-order valence-electron chi connectivity index (χ2n) is 8.88. The molecule has 0 spiro atoms. The summed E-state index contributed by atoms with van der Waals surface area (Å²) in [6, 6.07) is 16.2. The highest BCUT2D eigenvalue weighted by Gasteiger charge is 2.28. The van der Waals surface area contributed by atoms with Crippen LogP contribution in [0.15, 0.2) is 53.3 Å². The largest absolute Gasteiger partial charge is 0.276 e. The smallest absolute Gasteiger partial charge is 0.262 e. The first-order chi connectivity index (χ1) is 16.7. The second kappa shape index (κ2) is 8.72. The zero-order valence-corrected chi connectivity index (χ0v) is 20.7. The van der Waals surface area contributed by atoms with E-state index in [0.717, 1.165) is 41.8 Å². The fourth-order valence-electron chi connectivity index (χ4n) is 5.03. The van der Waals surface area contributed by atoms with Crippen molar-refractivity contribution in [3.05, 3.63) is 68.7 Å².